The van der Waals surface area contributed by atoms with Gasteiger partial charge in [0.15, 0.2) is 0 Å². The molecule has 1 N–H and O–H groups in total. The van der Waals surface area contributed by atoms with Gasteiger partial charge in [0.2, 0.25) is 0 Å². The van der Waals surface area contributed by atoms with Crippen molar-refractivity contribution in [3.05, 3.63) is 6.54 Å². The summed E-state index contributed by atoms with van der Waals surface area (Å²) >= 11 is 0. The van der Waals surface area contributed by atoms with Crippen LogP contribution in [-0.4, -0.2) is 19.8 Å². The topological polar surface area (TPSA) is 21.3 Å². The summed E-state index contributed by atoms with van der Waals surface area (Å²) in [6.45, 7) is 3.05. The molecule has 7 heavy (non-hydrogen) atoms. The van der Waals surface area contributed by atoms with Gasteiger partial charge in [-0.3, -0.25) is 0 Å². The van der Waals surface area contributed by atoms with Crippen LogP contribution in [0.1, 0.15) is 6.42 Å². The van der Waals surface area contributed by atoms with Crippen molar-refractivity contribution in [3.63, 3.8) is 0 Å². The number of ether oxygens (including phenoxy) is 1. The van der Waals surface area contributed by atoms with Gasteiger partial charge in [-0.15, -0.1) is 0 Å². The first-order valence-electron chi connectivity index (χ1n) is 2.53. The van der Waals surface area contributed by atoms with Gasteiger partial charge < -0.3 is 10.1 Å². The van der Waals surface area contributed by atoms with Gasteiger partial charge in [-0.05, 0) is 13.0 Å². The Kier molecular flexibility index (Phi) is 1.65. The highest BCUT2D eigenvalue weighted by molar-refractivity contribution is 4.82. The number of hydrogen-bond donors (Lipinski definition) is 1. The van der Waals surface area contributed by atoms with Crippen molar-refractivity contribution in [2.75, 3.05) is 13.7 Å². The lowest BCUT2D eigenvalue weighted by Gasteiger charge is -2.00. The molecule has 0 amide bonds. The fourth-order valence-electron chi connectivity index (χ4n) is 0.710. The van der Waals surface area contributed by atoms with Crippen LogP contribution in [0, 0.1) is 6.54 Å². The predicted octanol–water partition coefficient (Wildman–Crippen LogP) is 0.156. The summed E-state index contributed by atoms with van der Waals surface area (Å²) in [7, 11) is 1.73. The van der Waals surface area contributed by atoms with Crippen LogP contribution in [0.25, 0.3) is 0 Å². The molecule has 1 atom stereocenters. The molecule has 1 heterocycles. The summed E-state index contributed by atoms with van der Waals surface area (Å²) < 4.78 is 4.99. The number of nitrogens with one attached hydrogen (secondary N) is 1. The minimum Gasteiger partial charge on any atom is -0.380 e. The molecule has 1 unspecified atom stereocenters. The lowest BCUT2D eigenvalue weighted by atomic mass is 10.3. The highest BCUT2D eigenvalue weighted by Crippen LogP contribution is 2.03. The summed E-state index contributed by atoms with van der Waals surface area (Å²) in [6.07, 6.45) is 1.48. The smallest absolute Gasteiger partial charge is 0.0752 e. The van der Waals surface area contributed by atoms with Crippen LogP contribution in [0.2, 0.25) is 0 Å². The monoisotopic (exact) mass is 100 g/mol. The van der Waals surface area contributed by atoms with Gasteiger partial charge in [0, 0.05) is 7.11 Å². The Morgan fingerprint density at radius 3 is 3.00 bits per heavy atom. The zero-order chi connectivity index (χ0) is 5.11. The van der Waals surface area contributed by atoms with Gasteiger partial charge in [0.1, 0.15) is 0 Å². The molecule has 1 rings (SSSR count). The molecule has 0 bridgehead atoms. The molecule has 0 aliphatic carbocycles. The Morgan fingerprint density at radius 1 is 1.86 bits per heavy atom. The van der Waals surface area contributed by atoms with E-state index in [2.05, 4.69) is 5.32 Å². The Balaban J connectivity index is 2.14. The fraction of sp³-hybridized carbons (Fsp3) is 0.800. The maximum Gasteiger partial charge on any atom is 0.0752 e. The minimum atomic E-state index is 0.361. The second-order valence-electron chi connectivity index (χ2n) is 1.68. The van der Waals surface area contributed by atoms with Crippen molar-refractivity contribution in [3.8, 4) is 0 Å². The zero-order valence-corrected chi connectivity index (χ0v) is 4.48. The Morgan fingerprint density at radius 2 is 2.71 bits per heavy atom. The molecule has 0 spiro atoms. The zero-order valence-electron chi connectivity index (χ0n) is 4.48. The highest BCUT2D eigenvalue weighted by Gasteiger charge is 2.12. The van der Waals surface area contributed by atoms with Gasteiger partial charge in [0.05, 0.1) is 12.6 Å². The van der Waals surface area contributed by atoms with Crippen LogP contribution in [0.4, 0.5) is 0 Å². The summed E-state index contributed by atoms with van der Waals surface area (Å²) in [5.41, 5.74) is 0. The first-order chi connectivity index (χ1) is 3.43. The van der Waals surface area contributed by atoms with Crippen molar-refractivity contribution in [1.29, 1.82) is 0 Å². The molecule has 1 fully saturated rings. The van der Waals surface area contributed by atoms with E-state index in [-0.39, 0.29) is 0 Å². The molecule has 0 aromatic rings. The van der Waals surface area contributed by atoms with Crippen LogP contribution in [-0.2, 0) is 4.74 Å². The van der Waals surface area contributed by atoms with Crippen LogP contribution in [0.15, 0.2) is 0 Å². The lowest BCUT2D eigenvalue weighted by Crippen LogP contribution is -2.07. The highest BCUT2D eigenvalue weighted by atomic mass is 16.5. The van der Waals surface area contributed by atoms with E-state index >= 15 is 0 Å². The molecule has 0 aromatic carbocycles. The molecule has 2 nitrogen and oxygen atoms in total. The molecule has 1 saturated heterocycles. The van der Waals surface area contributed by atoms with Crippen LogP contribution >= 0.6 is 0 Å². The van der Waals surface area contributed by atoms with Crippen molar-refractivity contribution in [1.82, 2.24) is 5.32 Å². The van der Waals surface area contributed by atoms with Crippen molar-refractivity contribution in [2.45, 2.75) is 12.5 Å². The minimum absolute atomic E-state index is 0.361. The van der Waals surface area contributed by atoms with Crippen molar-refractivity contribution in [2.24, 2.45) is 0 Å². The van der Waals surface area contributed by atoms with E-state index in [0.29, 0.717) is 6.10 Å². The molecule has 1 radical (unpaired) electrons. The van der Waals surface area contributed by atoms with Gasteiger partial charge in [-0.1, -0.05) is 0 Å². The van der Waals surface area contributed by atoms with E-state index in [1.807, 2.05) is 6.54 Å². The number of rotatable bonds is 1. The van der Waals surface area contributed by atoms with E-state index < -0.39 is 0 Å². The quantitative estimate of drug-likeness (QED) is 0.506. The second kappa shape index (κ2) is 2.28. The molecule has 2 heteroatoms. The number of hydrogen-bond acceptors (Lipinski definition) is 2. The molecule has 41 valence electrons. The molecule has 1 aliphatic heterocycles. The summed E-state index contributed by atoms with van der Waals surface area (Å²) in [5.74, 6) is 0. The van der Waals surface area contributed by atoms with E-state index in [4.69, 9.17) is 4.74 Å². The Bertz CT molecular complexity index is 50.0. The van der Waals surface area contributed by atoms with Crippen LogP contribution < -0.4 is 5.32 Å². The van der Waals surface area contributed by atoms with Gasteiger partial charge >= 0.3 is 0 Å². The largest absolute Gasteiger partial charge is 0.380 e. The van der Waals surface area contributed by atoms with E-state index in [1.54, 1.807) is 7.11 Å². The second-order valence-corrected chi connectivity index (χ2v) is 1.68. The van der Waals surface area contributed by atoms with E-state index in [9.17, 15) is 0 Å². The van der Waals surface area contributed by atoms with E-state index in [0.717, 1.165) is 13.0 Å². The molecular weight excluding hydrogens is 90.1 g/mol. The van der Waals surface area contributed by atoms with Crippen molar-refractivity contribution < 1.29 is 4.74 Å². The summed E-state index contributed by atoms with van der Waals surface area (Å²) in [5, 5.41) is 3.07. The average molecular weight is 100 g/mol. The summed E-state index contributed by atoms with van der Waals surface area (Å²) in [4.78, 5) is 0. The average Bonchev–Trinajstić information content (AvgIpc) is 2.14. The summed E-state index contributed by atoms with van der Waals surface area (Å²) in [6, 6.07) is 0. The third kappa shape index (κ3) is 1.14. The fourth-order valence-corrected chi connectivity index (χ4v) is 0.710. The first-order valence-corrected chi connectivity index (χ1v) is 2.53. The lowest BCUT2D eigenvalue weighted by molar-refractivity contribution is 0.135. The third-order valence-electron chi connectivity index (χ3n) is 1.18. The van der Waals surface area contributed by atoms with Crippen LogP contribution in [0.3, 0.4) is 0 Å². The van der Waals surface area contributed by atoms with Crippen molar-refractivity contribution >= 4 is 0 Å². The maximum atomic E-state index is 4.99. The number of methoxy groups -OCH3 is 1. The Labute approximate surface area is 43.9 Å². The predicted molar refractivity (Wildman–Crippen MR) is 27.7 cm³/mol. The molecule has 1 aliphatic rings. The first kappa shape index (κ1) is 5.06. The maximum absolute atomic E-state index is 4.99. The van der Waals surface area contributed by atoms with Gasteiger partial charge in [-0.25, -0.2) is 0 Å². The molecule has 0 saturated carbocycles. The Hall–Kier alpha value is -0.0800. The van der Waals surface area contributed by atoms with Gasteiger partial charge in [-0.2, -0.15) is 0 Å². The van der Waals surface area contributed by atoms with Gasteiger partial charge in [0.25, 0.3) is 0 Å². The van der Waals surface area contributed by atoms with E-state index in [1.165, 1.54) is 0 Å². The SMILES string of the molecule is COC1[CH]NCC1. The standard InChI is InChI=1S/C5H10NO/c1-7-5-2-3-6-4-5/h4-6H,2-3H2,1H3. The molecule has 0 aromatic heterocycles. The van der Waals surface area contributed by atoms with Crippen LogP contribution in [0.5, 0.6) is 0 Å². The normalized spacial score (nSPS) is 31.3. The molecular formula is C5H10NO. The third-order valence-corrected chi connectivity index (χ3v) is 1.18.